The molecule has 1 saturated carbocycles. The second kappa shape index (κ2) is 4.35. The van der Waals surface area contributed by atoms with Crippen LogP contribution in [0.3, 0.4) is 0 Å². The number of hydrogen-bond donors (Lipinski definition) is 1. The molecule has 5 nitrogen and oxygen atoms in total. The second-order valence-corrected chi connectivity index (χ2v) is 3.65. The molecule has 15 heavy (non-hydrogen) atoms. The van der Waals surface area contributed by atoms with Gasteiger partial charge in [0.25, 0.3) is 0 Å². The first-order chi connectivity index (χ1) is 7.31. The van der Waals surface area contributed by atoms with E-state index in [4.69, 9.17) is 5.73 Å². The maximum Gasteiger partial charge on any atom is 0.236 e. The predicted octanol–water partition coefficient (Wildman–Crippen LogP) is -0.0737. The van der Waals surface area contributed by atoms with E-state index in [1.807, 2.05) is 0 Å². The Hall–Kier alpha value is -1.49. The molecule has 1 aliphatic carbocycles. The van der Waals surface area contributed by atoms with Crippen LogP contribution in [0.25, 0.3) is 0 Å². The van der Waals surface area contributed by atoms with Crippen molar-refractivity contribution in [3.05, 3.63) is 24.3 Å². The smallest absolute Gasteiger partial charge is 0.236 e. The zero-order valence-electron chi connectivity index (χ0n) is 8.47. The molecule has 1 aliphatic rings. The zero-order chi connectivity index (χ0) is 10.7. The molecule has 0 unspecified atom stereocenters. The zero-order valence-corrected chi connectivity index (χ0v) is 8.47. The summed E-state index contributed by atoms with van der Waals surface area (Å²) in [4.78, 5) is 21.5. The molecule has 2 rings (SSSR count). The first-order valence-corrected chi connectivity index (χ1v) is 5.05. The van der Waals surface area contributed by atoms with Gasteiger partial charge < -0.3 is 10.6 Å². The number of carbonyl (C=O) groups is 1. The molecule has 80 valence electrons. The van der Waals surface area contributed by atoms with Crippen LogP contribution in [0, 0.1) is 0 Å². The van der Waals surface area contributed by atoms with Crippen LogP contribution in [0.1, 0.15) is 18.5 Å². The molecule has 5 heteroatoms. The quantitative estimate of drug-likeness (QED) is 0.748. The van der Waals surface area contributed by atoms with E-state index in [9.17, 15) is 4.79 Å². The molecule has 1 aromatic heterocycles. The molecular weight excluding hydrogens is 192 g/mol. The lowest BCUT2D eigenvalue weighted by atomic mass is 10.3. The highest BCUT2D eigenvalue weighted by Gasteiger charge is 2.31. The van der Waals surface area contributed by atoms with Crippen molar-refractivity contribution in [2.24, 2.45) is 5.73 Å². The first-order valence-electron chi connectivity index (χ1n) is 5.05. The molecule has 0 saturated heterocycles. The molecule has 0 bridgehead atoms. The number of amides is 1. The van der Waals surface area contributed by atoms with E-state index in [0.717, 1.165) is 18.5 Å². The fourth-order valence-corrected chi connectivity index (χ4v) is 1.51. The van der Waals surface area contributed by atoms with Crippen LogP contribution in [0.4, 0.5) is 0 Å². The molecule has 1 amide bonds. The molecule has 0 aliphatic heterocycles. The number of carbonyl (C=O) groups excluding carboxylic acids is 1. The van der Waals surface area contributed by atoms with Crippen molar-refractivity contribution in [3.8, 4) is 0 Å². The van der Waals surface area contributed by atoms with Crippen molar-refractivity contribution >= 4 is 5.91 Å². The van der Waals surface area contributed by atoms with E-state index in [-0.39, 0.29) is 12.5 Å². The van der Waals surface area contributed by atoms with Gasteiger partial charge in [-0.25, -0.2) is 0 Å². The van der Waals surface area contributed by atoms with Gasteiger partial charge in [-0.05, 0) is 12.8 Å². The summed E-state index contributed by atoms with van der Waals surface area (Å²) < 4.78 is 0. The number of rotatable bonds is 4. The lowest BCUT2D eigenvalue weighted by Gasteiger charge is -2.20. The number of nitrogens with two attached hydrogens (primary N) is 1. The maximum atomic E-state index is 11.6. The topological polar surface area (TPSA) is 72.1 Å². The third kappa shape index (κ3) is 2.50. The van der Waals surface area contributed by atoms with Gasteiger partial charge >= 0.3 is 0 Å². The molecule has 2 N–H and O–H groups in total. The highest BCUT2D eigenvalue weighted by atomic mass is 16.2. The third-order valence-electron chi connectivity index (χ3n) is 2.43. The van der Waals surface area contributed by atoms with Crippen LogP contribution in [0.5, 0.6) is 0 Å². The Morgan fingerprint density at radius 2 is 2.33 bits per heavy atom. The normalized spacial score (nSPS) is 15.0. The molecule has 0 spiro atoms. The van der Waals surface area contributed by atoms with E-state index in [0.29, 0.717) is 12.6 Å². The standard InChI is InChI=1S/C10H14N4O/c11-5-10(15)14(9-1-2-9)7-8-6-12-3-4-13-8/h3-4,6,9H,1-2,5,7,11H2. The van der Waals surface area contributed by atoms with Crippen LogP contribution < -0.4 is 5.73 Å². The van der Waals surface area contributed by atoms with Crippen molar-refractivity contribution in [1.82, 2.24) is 14.9 Å². The average molecular weight is 206 g/mol. The van der Waals surface area contributed by atoms with Gasteiger partial charge in [0.05, 0.1) is 25.0 Å². The monoisotopic (exact) mass is 206 g/mol. The van der Waals surface area contributed by atoms with Crippen LogP contribution in [0.15, 0.2) is 18.6 Å². The fourth-order valence-electron chi connectivity index (χ4n) is 1.51. The van der Waals surface area contributed by atoms with Crippen LogP contribution >= 0.6 is 0 Å². The Morgan fingerprint density at radius 3 is 2.87 bits per heavy atom. The van der Waals surface area contributed by atoms with E-state index in [1.54, 1.807) is 23.5 Å². The van der Waals surface area contributed by atoms with Gasteiger partial charge in [-0.15, -0.1) is 0 Å². The Bertz CT molecular complexity index is 337. The summed E-state index contributed by atoms with van der Waals surface area (Å²) in [6, 6.07) is 0.364. The van der Waals surface area contributed by atoms with Crippen LogP contribution in [-0.2, 0) is 11.3 Å². The summed E-state index contributed by atoms with van der Waals surface area (Å²) in [6.45, 7) is 0.589. The van der Waals surface area contributed by atoms with Gasteiger partial charge in [0, 0.05) is 18.4 Å². The van der Waals surface area contributed by atoms with Crippen molar-refractivity contribution < 1.29 is 4.79 Å². The molecule has 0 aromatic carbocycles. The second-order valence-electron chi connectivity index (χ2n) is 3.65. The minimum Gasteiger partial charge on any atom is -0.333 e. The summed E-state index contributed by atoms with van der Waals surface area (Å²) in [6.07, 6.45) is 7.08. The Labute approximate surface area is 88.3 Å². The van der Waals surface area contributed by atoms with E-state index in [2.05, 4.69) is 9.97 Å². The van der Waals surface area contributed by atoms with Gasteiger partial charge in [0.2, 0.25) is 5.91 Å². The van der Waals surface area contributed by atoms with E-state index < -0.39 is 0 Å². The molecule has 1 fully saturated rings. The third-order valence-corrected chi connectivity index (χ3v) is 2.43. The first kappa shape index (κ1) is 10.0. The highest BCUT2D eigenvalue weighted by molar-refractivity contribution is 5.78. The van der Waals surface area contributed by atoms with Crippen molar-refractivity contribution in [2.45, 2.75) is 25.4 Å². The number of hydrogen-bond acceptors (Lipinski definition) is 4. The largest absolute Gasteiger partial charge is 0.333 e. The Morgan fingerprint density at radius 1 is 1.53 bits per heavy atom. The molecule has 1 aromatic rings. The molecular formula is C10H14N4O. The Balaban J connectivity index is 2.04. The van der Waals surface area contributed by atoms with Crippen molar-refractivity contribution in [3.63, 3.8) is 0 Å². The lowest BCUT2D eigenvalue weighted by molar-refractivity contribution is -0.130. The predicted molar refractivity (Wildman–Crippen MR) is 54.7 cm³/mol. The van der Waals surface area contributed by atoms with Gasteiger partial charge in [-0.1, -0.05) is 0 Å². The van der Waals surface area contributed by atoms with Crippen LogP contribution in [0.2, 0.25) is 0 Å². The van der Waals surface area contributed by atoms with Gasteiger partial charge in [-0.2, -0.15) is 0 Å². The summed E-state index contributed by atoms with van der Waals surface area (Å²) in [5, 5.41) is 0. The SMILES string of the molecule is NCC(=O)N(Cc1cnccn1)C1CC1. The molecule has 0 radical (unpaired) electrons. The van der Waals surface area contributed by atoms with E-state index >= 15 is 0 Å². The molecule has 0 atom stereocenters. The number of aromatic nitrogens is 2. The van der Waals surface area contributed by atoms with Crippen LogP contribution in [-0.4, -0.2) is 33.4 Å². The van der Waals surface area contributed by atoms with Gasteiger partial charge in [0.15, 0.2) is 0 Å². The van der Waals surface area contributed by atoms with Crippen molar-refractivity contribution in [1.29, 1.82) is 0 Å². The minimum atomic E-state index is -0.0110. The molecule has 1 heterocycles. The highest BCUT2D eigenvalue weighted by Crippen LogP contribution is 2.27. The van der Waals surface area contributed by atoms with Crippen molar-refractivity contribution in [2.75, 3.05) is 6.54 Å². The summed E-state index contributed by atoms with van der Waals surface area (Å²) in [7, 11) is 0. The lowest BCUT2D eigenvalue weighted by Crippen LogP contribution is -2.37. The fraction of sp³-hybridized carbons (Fsp3) is 0.500. The van der Waals surface area contributed by atoms with Gasteiger partial charge in [-0.3, -0.25) is 14.8 Å². The summed E-state index contributed by atoms with van der Waals surface area (Å²) >= 11 is 0. The minimum absolute atomic E-state index is 0.0110. The number of nitrogens with zero attached hydrogens (tertiary/aromatic N) is 3. The maximum absolute atomic E-state index is 11.6. The summed E-state index contributed by atoms with van der Waals surface area (Å²) in [5.41, 5.74) is 6.18. The van der Waals surface area contributed by atoms with E-state index in [1.165, 1.54) is 0 Å². The Kier molecular flexibility index (Phi) is 2.91. The van der Waals surface area contributed by atoms with Gasteiger partial charge in [0.1, 0.15) is 0 Å². The summed E-state index contributed by atoms with van der Waals surface area (Å²) in [5.74, 6) is -0.0110. The average Bonchev–Trinajstić information content (AvgIpc) is 3.10.